The summed E-state index contributed by atoms with van der Waals surface area (Å²) in [7, 11) is 0. The maximum atomic E-state index is 11.1. The number of pyridine rings is 1. The van der Waals surface area contributed by atoms with Gasteiger partial charge >= 0.3 is 12.0 Å². The van der Waals surface area contributed by atoms with E-state index in [4.69, 9.17) is 4.42 Å². The maximum Gasteiger partial charge on any atom is 0.322 e. The Labute approximate surface area is 85.7 Å². The Bertz CT molecular complexity index is 447. The maximum absolute atomic E-state index is 11.1. The van der Waals surface area contributed by atoms with Crippen LogP contribution in [0.5, 0.6) is 0 Å². The summed E-state index contributed by atoms with van der Waals surface area (Å²) in [6.07, 6.45) is 1.61. The molecule has 2 N–H and O–H groups in total. The molecule has 0 aliphatic rings. The number of amides is 2. The number of carbonyl (C=O) groups is 1. The molecule has 2 aromatic heterocycles. The third-order valence-corrected chi connectivity index (χ3v) is 1.72. The zero-order chi connectivity index (χ0) is 10.7. The van der Waals surface area contributed by atoms with Crippen LogP contribution in [0.3, 0.4) is 0 Å². The summed E-state index contributed by atoms with van der Waals surface area (Å²) in [6.45, 7) is 2.37. The van der Waals surface area contributed by atoms with E-state index in [1.54, 1.807) is 18.3 Å². The highest BCUT2D eigenvalue weighted by atomic mass is 16.4. The number of rotatable bonds is 2. The summed E-state index contributed by atoms with van der Waals surface area (Å²) in [4.78, 5) is 19.1. The van der Waals surface area contributed by atoms with Crippen molar-refractivity contribution in [2.45, 2.75) is 6.92 Å². The second-order valence-electron chi connectivity index (χ2n) is 2.83. The smallest absolute Gasteiger partial charge is 0.322 e. The van der Waals surface area contributed by atoms with E-state index in [0.29, 0.717) is 17.8 Å². The normalized spacial score (nSPS) is 10.2. The Morgan fingerprint density at radius 2 is 2.47 bits per heavy atom. The molecule has 0 aliphatic carbocycles. The summed E-state index contributed by atoms with van der Waals surface area (Å²) in [5.41, 5.74) is 1.02. The van der Waals surface area contributed by atoms with Crippen LogP contribution in [0.25, 0.3) is 11.2 Å². The van der Waals surface area contributed by atoms with E-state index in [9.17, 15) is 4.79 Å². The lowest BCUT2D eigenvalue weighted by molar-refractivity contribution is 0.252. The minimum atomic E-state index is -0.343. The van der Waals surface area contributed by atoms with Crippen molar-refractivity contribution in [1.29, 1.82) is 0 Å². The second kappa shape index (κ2) is 3.95. The van der Waals surface area contributed by atoms with Crippen LogP contribution in [0.1, 0.15) is 6.92 Å². The van der Waals surface area contributed by atoms with Crippen molar-refractivity contribution < 1.29 is 9.21 Å². The number of hydrogen-bond donors (Lipinski definition) is 2. The molecule has 0 aromatic carbocycles. The zero-order valence-electron chi connectivity index (χ0n) is 8.15. The van der Waals surface area contributed by atoms with Gasteiger partial charge in [-0.15, -0.1) is 0 Å². The van der Waals surface area contributed by atoms with E-state index in [-0.39, 0.29) is 12.0 Å². The van der Waals surface area contributed by atoms with E-state index >= 15 is 0 Å². The molecule has 0 bridgehead atoms. The topological polar surface area (TPSA) is 80.0 Å². The summed E-state index contributed by atoms with van der Waals surface area (Å²) in [6, 6.07) is 3.28. The van der Waals surface area contributed by atoms with E-state index in [2.05, 4.69) is 20.6 Å². The number of carbonyl (C=O) groups excluding carboxylic acids is 1. The molecule has 2 amide bonds. The highest BCUT2D eigenvalue weighted by Gasteiger charge is 2.08. The lowest BCUT2D eigenvalue weighted by atomic mass is 10.5. The Hall–Kier alpha value is -2.11. The first-order valence-corrected chi connectivity index (χ1v) is 4.56. The summed E-state index contributed by atoms with van der Waals surface area (Å²) in [5.74, 6) is 0. The van der Waals surface area contributed by atoms with Crippen molar-refractivity contribution in [2.75, 3.05) is 11.9 Å². The molecule has 0 aliphatic heterocycles. The van der Waals surface area contributed by atoms with Gasteiger partial charge in [0.2, 0.25) is 5.65 Å². The van der Waals surface area contributed by atoms with Gasteiger partial charge in [0.05, 0.1) is 0 Å². The molecule has 6 heteroatoms. The van der Waals surface area contributed by atoms with Crippen LogP contribution in [0.4, 0.5) is 10.8 Å². The molecule has 0 spiro atoms. The molecule has 0 radical (unpaired) electrons. The second-order valence-corrected chi connectivity index (χ2v) is 2.83. The number of nitrogens with one attached hydrogen (secondary N) is 2. The Kier molecular flexibility index (Phi) is 2.49. The van der Waals surface area contributed by atoms with Gasteiger partial charge in [-0.1, -0.05) is 0 Å². The lowest BCUT2D eigenvalue weighted by Gasteiger charge is -1.99. The van der Waals surface area contributed by atoms with Crippen molar-refractivity contribution in [3.63, 3.8) is 0 Å². The highest BCUT2D eigenvalue weighted by Crippen LogP contribution is 2.15. The van der Waals surface area contributed by atoms with Crippen molar-refractivity contribution >= 4 is 23.3 Å². The van der Waals surface area contributed by atoms with E-state index in [0.717, 1.165) is 0 Å². The summed E-state index contributed by atoms with van der Waals surface area (Å²) >= 11 is 0. The van der Waals surface area contributed by atoms with Gasteiger partial charge in [-0.2, -0.15) is 4.98 Å². The first kappa shape index (κ1) is 9.45. The van der Waals surface area contributed by atoms with Crippen LogP contribution in [0.2, 0.25) is 0 Å². The van der Waals surface area contributed by atoms with Crippen molar-refractivity contribution in [1.82, 2.24) is 15.3 Å². The van der Waals surface area contributed by atoms with Crippen LogP contribution in [0, 0.1) is 0 Å². The van der Waals surface area contributed by atoms with Crippen molar-refractivity contribution in [3.05, 3.63) is 18.3 Å². The number of aromatic nitrogens is 2. The fourth-order valence-corrected chi connectivity index (χ4v) is 1.12. The molecule has 6 nitrogen and oxygen atoms in total. The van der Waals surface area contributed by atoms with Gasteiger partial charge in [-0.05, 0) is 19.1 Å². The Morgan fingerprint density at radius 3 is 3.20 bits per heavy atom. The molecule has 0 unspecified atom stereocenters. The largest absolute Gasteiger partial charge is 0.421 e. The van der Waals surface area contributed by atoms with Gasteiger partial charge in [0, 0.05) is 12.7 Å². The van der Waals surface area contributed by atoms with E-state index < -0.39 is 0 Å². The molecule has 0 atom stereocenters. The minimum Gasteiger partial charge on any atom is -0.421 e. The van der Waals surface area contributed by atoms with E-state index in [1.165, 1.54) is 0 Å². The molecular weight excluding hydrogens is 196 g/mol. The number of anilines is 1. The van der Waals surface area contributed by atoms with Gasteiger partial charge in [0.1, 0.15) is 0 Å². The SMILES string of the molecule is CCNC(=O)Nc1nc2ncccc2o1. The summed E-state index contributed by atoms with van der Waals surface area (Å²) in [5, 5.41) is 5.03. The fourth-order valence-electron chi connectivity index (χ4n) is 1.12. The molecule has 0 fully saturated rings. The molecule has 0 saturated heterocycles. The molecule has 15 heavy (non-hydrogen) atoms. The zero-order valence-corrected chi connectivity index (χ0v) is 8.15. The average Bonchev–Trinajstić information content (AvgIpc) is 2.59. The van der Waals surface area contributed by atoms with Gasteiger partial charge < -0.3 is 9.73 Å². The monoisotopic (exact) mass is 206 g/mol. The minimum absolute atomic E-state index is 0.148. The molecule has 2 heterocycles. The van der Waals surface area contributed by atoms with Crippen LogP contribution < -0.4 is 10.6 Å². The number of nitrogens with zero attached hydrogens (tertiary/aromatic N) is 2. The number of oxazole rings is 1. The van der Waals surface area contributed by atoms with Gasteiger partial charge in [-0.25, -0.2) is 9.78 Å². The van der Waals surface area contributed by atoms with Gasteiger partial charge in [0.25, 0.3) is 0 Å². The third kappa shape index (κ3) is 2.04. The van der Waals surface area contributed by atoms with Crippen molar-refractivity contribution in [2.24, 2.45) is 0 Å². The Balaban J connectivity index is 2.18. The summed E-state index contributed by atoms with van der Waals surface area (Å²) < 4.78 is 5.24. The highest BCUT2D eigenvalue weighted by molar-refractivity contribution is 5.88. The first-order valence-electron chi connectivity index (χ1n) is 4.56. The van der Waals surface area contributed by atoms with Gasteiger partial charge in [0.15, 0.2) is 5.58 Å². The van der Waals surface area contributed by atoms with Crippen LogP contribution in [-0.4, -0.2) is 22.5 Å². The standard InChI is InChI=1S/C9H10N4O2/c1-2-10-8(14)13-9-12-7-6(15-9)4-3-5-11-7/h3-5H,2H2,1H3,(H2,10,11,12,13,14). The molecule has 78 valence electrons. The fraction of sp³-hybridized carbons (Fsp3) is 0.222. The average molecular weight is 206 g/mol. The molecule has 2 aromatic rings. The Morgan fingerprint density at radius 1 is 1.60 bits per heavy atom. The molecular formula is C9H10N4O2. The number of fused-ring (bicyclic) bond motifs is 1. The predicted molar refractivity (Wildman–Crippen MR) is 54.5 cm³/mol. The molecule has 2 rings (SSSR count). The van der Waals surface area contributed by atoms with Crippen molar-refractivity contribution in [3.8, 4) is 0 Å². The van der Waals surface area contributed by atoms with Crippen LogP contribution in [-0.2, 0) is 0 Å². The third-order valence-electron chi connectivity index (χ3n) is 1.72. The quantitative estimate of drug-likeness (QED) is 0.777. The predicted octanol–water partition coefficient (Wildman–Crippen LogP) is 1.36. The van der Waals surface area contributed by atoms with Crippen LogP contribution in [0.15, 0.2) is 22.7 Å². The molecule has 0 saturated carbocycles. The number of urea groups is 1. The lowest BCUT2D eigenvalue weighted by Crippen LogP contribution is -2.28. The van der Waals surface area contributed by atoms with Crippen LogP contribution >= 0.6 is 0 Å². The first-order chi connectivity index (χ1) is 7.29. The van der Waals surface area contributed by atoms with Gasteiger partial charge in [-0.3, -0.25) is 5.32 Å². The van der Waals surface area contributed by atoms with E-state index in [1.807, 2.05) is 6.92 Å². The number of hydrogen-bond acceptors (Lipinski definition) is 4.